The van der Waals surface area contributed by atoms with Gasteiger partial charge in [0.2, 0.25) is 5.91 Å². The Morgan fingerprint density at radius 2 is 1.82 bits per heavy atom. The summed E-state index contributed by atoms with van der Waals surface area (Å²) in [5.74, 6) is -0.470. The highest BCUT2D eigenvalue weighted by atomic mass is 32.2. The first kappa shape index (κ1) is 22.9. The van der Waals surface area contributed by atoms with Crippen LogP contribution in [0.3, 0.4) is 0 Å². The number of imide groups is 1. The molecule has 1 aliphatic heterocycles. The zero-order chi connectivity index (χ0) is 23.5. The monoisotopic (exact) mass is 478 g/mol. The second-order valence-electron chi connectivity index (χ2n) is 7.64. The summed E-state index contributed by atoms with van der Waals surface area (Å²) in [6.07, 6.45) is 1.53. The Bertz CT molecular complexity index is 1260. The highest BCUT2D eigenvalue weighted by Gasteiger charge is 2.36. The summed E-state index contributed by atoms with van der Waals surface area (Å²) < 4.78 is 5.79. The van der Waals surface area contributed by atoms with Gasteiger partial charge in [0, 0.05) is 16.7 Å². The number of aryl methyl sites for hydroxylation is 2. The van der Waals surface area contributed by atoms with Crippen LogP contribution in [-0.4, -0.2) is 28.5 Å². The number of anilines is 1. The molecule has 8 heteroatoms. The maximum Gasteiger partial charge on any atom is 0.294 e. The van der Waals surface area contributed by atoms with Gasteiger partial charge in [-0.05, 0) is 74.0 Å². The maximum atomic E-state index is 12.7. The molecule has 0 unspecified atom stereocenters. The third-order valence-corrected chi connectivity index (χ3v) is 7.00. The van der Waals surface area contributed by atoms with Crippen LogP contribution < -0.4 is 5.32 Å². The van der Waals surface area contributed by atoms with Gasteiger partial charge in [0.15, 0.2) is 5.09 Å². The van der Waals surface area contributed by atoms with E-state index in [4.69, 9.17) is 4.42 Å². The van der Waals surface area contributed by atoms with E-state index < -0.39 is 17.1 Å². The molecule has 1 saturated heterocycles. The van der Waals surface area contributed by atoms with Crippen LogP contribution in [0.5, 0.6) is 0 Å². The summed E-state index contributed by atoms with van der Waals surface area (Å²) in [7, 11) is 0. The molecule has 0 saturated carbocycles. The van der Waals surface area contributed by atoms with E-state index in [0.717, 1.165) is 32.7 Å². The van der Waals surface area contributed by atoms with Crippen molar-refractivity contribution in [2.24, 2.45) is 0 Å². The van der Waals surface area contributed by atoms with Crippen molar-refractivity contribution >= 4 is 52.3 Å². The summed E-state index contributed by atoms with van der Waals surface area (Å²) in [5.41, 5.74) is 3.83. The van der Waals surface area contributed by atoms with E-state index in [1.165, 1.54) is 23.4 Å². The van der Waals surface area contributed by atoms with Gasteiger partial charge in [0.05, 0.1) is 4.91 Å². The Morgan fingerprint density at radius 1 is 1.06 bits per heavy atom. The molecule has 0 radical (unpaired) electrons. The van der Waals surface area contributed by atoms with Crippen LogP contribution in [0.2, 0.25) is 0 Å². The molecule has 1 aliphatic rings. The van der Waals surface area contributed by atoms with Crippen molar-refractivity contribution in [2.45, 2.75) is 30.8 Å². The first-order chi connectivity index (χ1) is 15.8. The molecule has 2 heterocycles. The zero-order valence-electron chi connectivity index (χ0n) is 18.4. The maximum absolute atomic E-state index is 12.7. The second kappa shape index (κ2) is 9.72. The van der Waals surface area contributed by atoms with E-state index in [0.29, 0.717) is 16.5 Å². The third kappa shape index (κ3) is 5.40. The number of carbonyl (C=O) groups is 3. The molecule has 1 fully saturated rings. The summed E-state index contributed by atoms with van der Waals surface area (Å²) in [4.78, 5) is 39.8. The number of thioether (sulfide) groups is 1. The van der Waals surface area contributed by atoms with Gasteiger partial charge in [0.1, 0.15) is 12.3 Å². The SMILES string of the molecule is Cc1ccc(Sc2ccc(/C=C3\SC(=O)N(CC(=O)Nc4cccc(C)c4C)C3=O)o2)cc1. The number of furan rings is 1. The molecule has 6 nitrogen and oxygen atoms in total. The number of carbonyl (C=O) groups excluding carboxylic acids is 3. The van der Waals surface area contributed by atoms with Gasteiger partial charge in [-0.15, -0.1) is 0 Å². The predicted octanol–water partition coefficient (Wildman–Crippen LogP) is 6.03. The minimum absolute atomic E-state index is 0.223. The summed E-state index contributed by atoms with van der Waals surface area (Å²) >= 11 is 2.27. The number of hydrogen-bond donors (Lipinski definition) is 1. The number of nitrogens with one attached hydrogen (secondary N) is 1. The molecular weight excluding hydrogens is 456 g/mol. The highest BCUT2D eigenvalue weighted by Crippen LogP contribution is 2.34. The minimum Gasteiger partial charge on any atom is -0.450 e. The van der Waals surface area contributed by atoms with Gasteiger partial charge in [0.25, 0.3) is 11.1 Å². The number of benzene rings is 2. The fourth-order valence-corrected chi connectivity index (χ4v) is 4.77. The van der Waals surface area contributed by atoms with Crippen LogP contribution in [0.1, 0.15) is 22.5 Å². The quantitative estimate of drug-likeness (QED) is 0.436. The van der Waals surface area contributed by atoms with E-state index in [1.807, 2.05) is 63.2 Å². The van der Waals surface area contributed by atoms with Gasteiger partial charge < -0.3 is 9.73 Å². The van der Waals surface area contributed by atoms with Crippen molar-refractivity contribution in [1.82, 2.24) is 4.90 Å². The van der Waals surface area contributed by atoms with Gasteiger partial charge in [-0.1, -0.05) is 41.6 Å². The molecule has 33 heavy (non-hydrogen) atoms. The molecule has 0 bridgehead atoms. The Labute approximate surface area is 200 Å². The van der Waals surface area contributed by atoms with Crippen molar-refractivity contribution in [3.8, 4) is 0 Å². The largest absolute Gasteiger partial charge is 0.450 e. The highest BCUT2D eigenvalue weighted by molar-refractivity contribution is 8.18. The van der Waals surface area contributed by atoms with E-state index >= 15 is 0 Å². The summed E-state index contributed by atoms with van der Waals surface area (Å²) in [5, 5.41) is 2.97. The van der Waals surface area contributed by atoms with Crippen molar-refractivity contribution in [1.29, 1.82) is 0 Å². The normalized spacial score (nSPS) is 14.9. The smallest absolute Gasteiger partial charge is 0.294 e. The van der Waals surface area contributed by atoms with E-state index in [9.17, 15) is 14.4 Å². The Morgan fingerprint density at radius 3 is 2.58 bits per heavy atom. The van der Waals surface area contributed by atoms with Crippen LogP contribution in [-0.2, 0) is 9.59 Å². The lowest BCUT2D eigenvalue weighted by Crippen LogP contribution is -2.36. The molecule has 1 N–H and O–H groups in total. The number of amides is 3. The number of rotatable bonds is 6. The van der Waals surface area contributed by atoms with Crippen molar-refractivity contribution < 1.29 is 18.8 Å². The Kier molecular flexibility index (Phi) is 6.76. The standard InChI is InChI=1S/C25H22N2O4S2/c1-15-7-10-19(11-8-15)32-23-12-9-18(31-23)13-21-24(29)27(25(30)33-21)14-22(28)26-20-6-4-5-16(2)17(20)3/h4-13H,14H2,1-3H3,(H,26,28)/b21-13-. The van der Waals surface area contributed by atoms with Crippen molar-refractivity contribution in [3.05, 3.63) is 82.0 Å². The minimum atomic E-state index is -0.509. The lowest BCUT2D eigenvalue weighted by Gasteiger charge is -2.14. The number of hydrogen-bond acceptors (Lipinski definition) is 6. The Hall–Kier alpha value is -3.23. The van der Waals surface area contributed by atoms with Crippen molar-refractivity contribution in [2.75, 3.05) is 11.9 Å². The lowest BCUT2D eigenvalue weighted by molar-refractivity contribution is -0.127. The fourth-order valence-electron chi connectivity index (χ4n) is 3.17. The first-order valence-corrected chi connectivity index (χ1v) is 11.9. The number of nitrogens with zero attached hydrogens (tertiary/aromatic N) is 1. The van der Waals surface area contributed by atoms with Crippen molar-refractivity contribution in [3.63, 3.8) is 0 Å². The van der Waals surface area contributed by atoms with Gasteiger partial charge in [-0.2, -0.15) is 0 Å². The van der Waals surface area contributed by atoms with Crippen LogP contribution in [0.4, 0.5) is 10.5 Å². The molecule has 0 aliphatic carbocycles. The second-order valence-corrected chi connectivity index (χ2v) is 9.71. The molecule has 1 aromatic heterocycles. The van der Waals surface area contributed by atoms with E-state index in [1.54, 1.807) is 12.1 Å². The lowest BCUT2D eigenvalue weighted by atomic mass is 10.1. The van der Waals surface area contributed by atoms with Gasteiger partial charge in [-0.25, -0.2) is 0 Å². The van der Waals surface area contributed by atoms with Crippen LogP contribution in [0.25, 0.3) is 6.08 Å². The molecule has 2 aromatic carbocycles. The molecule has 3 amide bonds. The average Bonchev–Trinajstić information content (AvgIpc) is 3.32. The van der Waals surface area contributed by atoms with Crippen LogP contribution >= 0.6 is 23.5 Å². The molecule has 168 valence electrons. The van der Waals surface area contributed by atoms with Gasteiger partial charge in [-0.3, -0.25) is 19.3 Å². The molecule has 3 aromatic rings. The van der Waals surface area contributed by atoms with E-state index in [-0.39, 0.29) is 11.4 Å². The van der Waals surface area contributed by atoms with Crippen LogP contribution in [0.15, 0.2) is 73.9 Å². The summed E-state index contributed by atoms with van der Waals surface area (Å²) in [6, 6.07) is 17.2. The molecular formula is C25H22N2O4S2. The summed E-state index contributed by atoms with van der Waals surface area (Å²) in [6.45, 7) is 5.54. The molecule has 4 rings (SSSR count). The average molecular weight is 479 g/mol. The van der Waals surface area contributed by atoms with Crippen LogP contribution in [0, 0.1) is 20.8 Å². The predicted molar refractivity (Wildman–Crippen MR) is 131 cm³/mol. The van der Waals surface area contributed by atoms with Gasteiger partial charge >= 0.3 is 0 Å². The molecule has 0 atom stereocenters. The van der Waals surface area contributed by atoms with E-state index in [2.05, 4.69) is 5.32 Å². The zero-order valence-corrected chi connectivity index (χ0v) is 20.0. The third-order valence-electron chi connectivity index (χ3n) is 5.17. The Balaban J connectivity index is 1.41. The molecule has 0 spiro atoms. The first-order valence-electron chi connectivity index (χ1n) is 10.3. The fraction of sp³-hybridized carbons (Fsp3) is 0.160. The topological polar surface area (TPSA) is 79.6 Å².